The Bertz CT molecular complexity index is 517. The molecule has 0 fully saturated rings. The van der Waals surface area contributed by atoms with E-state index in [1.807, 2.05) is 42.5 Å². The predicted molar refractivity (Wildman–Crippen MR) is 67.0 cm³/mol. The molecule has 0 aliphatic carbocycles. The van der Waals surface area contributed by atoms with Gasteiger partial charge in [0.1, 0.15) is 11.9 Å². The number of hydrogen-bond acceptors (Lipinski definition) is 3. The minimum atomic E-state index is -1.22. The van der Waals surface area contributed by atoms with Crippen molar-refractivity contribution in [1.29, 1.82) is 0 Å². The maximum atomic E-state index is 10.6. The van der Waals surface area contributed by atoms with Gasteiger partial charge in [-0.3, -0.25) is 0 Å². The van der Waals surface area contributed by atoms with E-state index in [1.165, 1.54) is 6.92 Å². The van der Waals surface area contributed by atoms with Crippen LogP contribution in [-0.4, -0.2) is 12.1 Å². The Morgan fingerprint density at radius 1 is 1.00 bits per heavy atom. The summed E-state index contributed by atoms with van der Waals surface area (Å²) in [5, 5.41) is 10.6. The number of carbonyl (C=O) groups is 1. The van der Waals surface area contributed by atoms with Crippen LogP contribution in [0.5, 0.6) is 5.75 Å². The second-order valence-electron chi connectivity index (χ2n) is 3.97. The maximum absolute atomic E-state index is 10.6. The quantitative estimate of drug-likeness (QED) is 0.821. The van der Waals surface area contributed by atoms with Crippen molar-refractivity contribution in [3.63, 3.8) is 0 Å². The molecule has 0 radical (unpaired) electrons. The van der Waals surface area contributed by atoms with Gasteiger partial charge in [-0.1, -0.05) is 42.5 Å². The number of rotatable bonds is 4. The maximum Gasteiger partial charge on any atom is 0.135 e. The largest absolute Gasteiger partial charge is 0.546 e. The van der Waals surface area contributed by atoms with Gasteiger partial charge in [0.05, 0.1) is 5.97 Å². The van der Waals surface area contributed by atoms with Crippen LogP contribution in [0.2, 0.25) is 0 Å². The van der Waals surface area contributed by atoms with Crippen molar-refractivity contribution in [1.82, 2.24) is 0 Å². The van der Waals surface area contributed by atoms with E-state index in [0.717, 1.165) is 11.1 Å². The number of benzene rings is 2. The molecule has 0 spiro atoms. The van der Waals surface area contributed by atoms with Gasteiger partial charge in [0, 0.05) is 0 Å². The highest BCUT2D eigenvalue weighted by atomic mass is 16.5. The topological polar surface area (TPSA) is 49.4 Å². The van der Waals surface area contributed by atoms with Gasteiger partial charge in [0.2, 0.25) is 0 Å². The fourth-order valence-corrected chi connectivity index (χ4v) is 1.61. The Hall–Kier alpha value is -2.29. The van der Waals surface area contributed by atoms with Crippen LogP contribution >= 0.6 is 0 Å². The molecule has 3 heteroatoms. The first-order valence-electron chi connectivity index (χ1n) is 5.70. The lowest BCUT2D eigenvalue weighted by atomic mass is 10.1. The summed E-state index contributed by atoms with van der Waals surface area (Å²) in [5.74, 6) is -0.700. The molecule has 0 N–H and O–H groups in total. The highest BCUT2D eigenvalue weighted by Gasteiger charge is 2.04. The van der Waals surface area contributed by atoms with Crippen LogP contribution in [0.1, 0.15) is 6.92 Å². The lowest BCUT2D eigenvalue weighted by Gasteiger charge is -2.15. The normalized spacial score (nSPS) is 11.8. The summed E-state index contributed by atoms with van der Waals surface area (Å²) in [7, 11) is 0. The van der Waals surface area contributed by atoms with Crippen LogP contribution in [0.3, 0.4) is 0 Å². The summed E-state index contributed by atoms with van der Waals surface area (Å²) in [6.07, 6.45) is -0.951. The standard InChI is InChI=1S/C15H14O3/c1-11(15(16)17)18-14-9-7-13(8-10-14)12-5-3-2-4-6-12/h2-11H,1H3,(H,16,17)/p-1/t11-/m0/s1. The SMILES string of the molecule is C[C@H](Oc1ccc(-c2ccccc2)cc1)C(=O)[O-]. The number of carboxylic acid groups (broad SMARTS) is 1. The monoisotopic (exact) mass is 241 g/mol. The van der Waals surface area contributed by atoms with Gasteiger partial charge in [0.25, 0.3) is 0 Å². The van der Waals surface area contributed by atoms with Gasteiger partial charge in [-0.15, -0.1) is 0 Å². The Kier molecular flexibility index (Phi) is 3.63. The molecule has 18 heavy (non-hydrogen) atoms. The van der Waals surface area contributed by atoms with E-state index in [-0.39, 0.29) is 0 Å². The third-order valence-electron chi connectivity index (χ3n) is 2.61. The number of aliphatic carboxylic acids is 1. The molecule has 3 nitrogen and oxygen atoms in total. The zero-order valence-electron chi connectivity index (χ0n) is 10.00. The first-order valence-corrected chi connectivity index (χ1v) is 5.70. The van der Waals surface area contributed by atoms with E-state index in [9.17, 15) is 9.90 Å². The Morgan fingerprint density at radius 2 is 1.56 bits per heavy atom. The number of hydrogen-bond donors (Lipinski definition) is 0. The molecule has 2 aromatic carbocycles. The van der Waals surface area contributed by atoms with E-state index in [0.29, 0.717) is 5.75 Å². The van der Waals surface area contributed by atoms with Gasteiger partial charge < -0.3 is 14.6 Å². The summed E-state index contributed by atoms with van der Waals surface area (Å²) < 4.78 is 5.20. The Balaban J connectivity index is 2.13. The smallest absolute Gasteiger partial charge is 0.135 e. The zero-order valence-corrected chi connectivity index (χ0v) is 10.00. The van der Waals surface area contributed by atoms with Crippen molar-refractivity contribution in [3.8, 4) is 16.9 Å². The highest BCUT2D eigenvalue weighted by molar-refractivity contribution is 5.70. The molecular weight excluding hydrogens is 228 g/mol. The number of ether oxygens (including phenoxy) is 1. The molecular formula is C15H13O3-. The predicted octanol–water partition coefficient (Wildman–Crippen LogP) is 1.87. The van der Waals surface area contributed by atoms with Crippen molar-refractivity contribution in [3.05, 3.63) is 54.6 Å². The van der Waals surface area contributed by atoms with Gasteiger partial charge in [0.15, 0.2) is 0 Å². The summed E-state index contributed by atoms with van der Waals surface area (Å²) in [6, 6.07) is 17.2. The number of carbonyl (C=O) groups excluding carboxylic acids is 1. The van der Waals surface area contributed by atoms with Crippen molar-refractivity contribution in [2.45, 2.75) is 13.0 Å². The van der Waals surface area contributed by atoms with Gasteiger partial charge in [-0.2, -0.15) is 0 Å². The lowest BCUT2D eigenvalue weighted by Crippen LogP contribution is -2.37. The Labute approximate surface area is 106 Å². The molecule has 0 bridgehead atoms. The molecule has 0 unspecified atom stereocenters. The average Bonchev–Trinajstić information content (AvgIpc) is 2.40. The first kappa shape index (κ1) is 12.2. The van der Waals surface area contributed by atoms with Gasteiger partial charge in [-0.25, -0.2) is 0 Å². The molecule has 0 heterocycles. The van der Waals surface area contributed by atoms with E-state index in [1.54, 1.807) is 12.1 Å². The van der Waals surface area contributed by atoms with Crippen LogP contribution in [0.25, 0.3) is 11.1 Å². The van der Waals surface area contributed by atoms with E-state index in [2.05, 4.69) is 0 Å². The minimum Gasteiger partial charge on any atom is -0.546 e. The van der Waals surface area contributed by atoms with Crippen molar-refractivity contribution in [2.24, 2.45) is 0 Å². The fourth-order valence-electron chi connectivity index (χ4n) is 1.61. The highest BCUT2D eigenvalue weighted by Crippen LogP contribution is 2.22. The Morgan fingerprint density at radius 3 is 2.11 bits per heavy atom. The second-order valence-corrected chi connectivity index (χ2v) is 3.97. The van der Waals surface area contributed by atoms with Crippen molar-refractivity contribution >= 4 is 5.97 Å². The zero-order chi connectivity index (χ0) is 13.0. The molecule has 0 aliphatic heterocycles. The fraction of sp³-hybridized carbons (Fsp3) is 0.133. The van der Waals surface area contributed by atoms with E-state index < -0.39 is 12.1 Å². The molecule has 2 rings (SSSR count). The van der Waals surface area contributed by atoms with Crippen LogP contribution in [0, 0.1) is 0 Å². The molecule has 0 saturated heterocycles. The molecule has 0 aliphatic rings. The summed E-state index contributed by atoms with van der Waals surface area (Å²) in [6.45, 7) is 1.44. The van der Waals surface area contributed by atoms with Gasteiger partial charge >= 0.3 is 0 Å². The third kappa shape index (κ3) is 2.88. The first-order chi connectivity index (χ1) is 8.66. The van der Waals surface area contributed by atoms with Crippen LogP contribution < -0.4 is 9.84 Å². The molecule has 1 atom stereocenters. The summed E-state index contributed by atoms with van der Waals surface area (Å²) in [4.78, 5) is 10.6. The molecule has 2 aromatic rings. The van der Waals surface area contributed by atoms with Crippen molar-refractivity contribution in [2.75, 3.05) is 0 Å². The summed E-state index contributed by atoms with van der Waals surface area (Å²) in [5.41, 5.74) is 2.17. The van der Waals surface area contributed by atoms with E-state index in [4.69, 9.17) is 4.74 Å². The molecule has 0 aromatic heterocycles. The third-order valence-corrected chi connectivity index (χ3v) is 2.61. The number of carboxylic acids is 1. The average molecular weight is 241 g/mol. The molecule has 92 valence electrons. The van der Waals surface area contributed by atoms with Crippen LogP contribution in [-0.2, 0) is 4.79 Å². The molecule has 0 saturated carbocycles. The minimum absolute atomic E-state index is 0.520. The van der Waals surface area contributed by atoms with Crippen LogP contribution in [0.15, 0.2) is 54.6 Å². The molecule has 0 amide bonds. The van der Waals surface area contributed by atoms with E-state index >= 15 is 0 Å². The lowest BCUT2D eigenvalue weighted by molar-refractivity contribution is -0.312. The van der Waals surface area contributed by atoms with Crippen LogP contribution in [0.4, 0.5) is 0 Å². The summed E-state index contributed by atoms with van der Waals surface area (Å²) >= 11 is 0. The van der Waals surface area contributed by atoms with Crippen molar-refractivity contribution < 1.29 is 14.6 Å². The van der Waals surface area contributed by atoms with Gasteiger partial charge in [-0.05, 0) is 30.2 Å². The second kappa shape index (κ2) is 5.36.